The molecule has 168 valence electrons. The molecule has 0 spiro atoms. The highest BCUT2D eigenvalue weighted by molar-refractivity contribution is 5.80. The van der Waals surface area contributed by atoms with Crippen molar-refractivity contribution < 1.29 is 23.7 Å². The number of nitrogens with zero attached hydrogens (tertiary/aromatic N) is 1. The van der Waals surface area contributed by atoms with Crippen LogP contribution in [0.5, 0.6) is 23.0 Å². The van der Waals surface area contributed by atoms with E-state index in [-0.39, 0.29) is 18.5 Å². The van der Waals surface area contributed by atoms with Gasteiger partial charge in [-0.2, -0.15) is 0 Å². The molecule has 0 bridgehead atoms. The van der Waals surface area contributed by atoms with Gasteiger partial charge in [-0.1, -0.05) is 19.1 Å². The first kappa shape index (κ1) is 22.9. The van der Waals surface area contributed by atoms with E-state index in [4.69, 9.17) is 18.9 Å². The van der Waals surface area contributed by atoms with Crippen LogP contribution in [0.3, 0.4) is 0 Å². The van der Waals surface area contributed by atoms with Crippen molar-refractivity contribution in [1.29, 1.82) is 0 Å². The van der Waals surface area contributed by atoms with E-state index in [1.807, 2.05) is 30.3 Å². The quantitative estimate of drug-likeness (QED) is 0.535. The number of aryl methyl sites for hydroxylation is 1. The van der Waals surface area contributed by atoms with Crippen LogP contribution in [0.2, 0.25) is 0 Å². The smallest absolute Gasteiger partial charge is 0.231 e. The van der Waals surface area contributed by atoms with Gasteiger partial charge in [0.25, 0.3) is 0 Å². The summed E-state index contributed by atoms with van der Waals surface area (Å²) in [6, 6.07) is 9.92. The summed E-state index contributed by atoms with van der Waals surface area (Å²) < 4.78 is 22.3. The predicted octanol–water partition coefficient (Wildman–Crippen LogP) is 4.23. The van der Waals surface area contributed by atoms with Gasteiger partial charge in [0.05, 0.1) is 14.2 Å². The van der Waals surface area contributed by atoms with Gasteiger partial charge in [0.1, 0.15) is 11.5 Å². The third-order valence-corrected chi connectivity index (χ3v) is 5.63. The van der Waals surface area contributed by atoms with Gasteiger partial charge < -0.3 is 23.8 Å². The van der Waals surface area contributed by atoms with Crippen molar-refractivity contribution in [3.05, 3.63) is 47.0 Å². The molecule has 31 heavy (non-hydrogen) atoms. The van der Waals surface area contributed by atoms with Crippen LogP contribution >= 0.6 is 0 Å². The van der Waals surface area contributed by atoms with Crippen molar-refractivity contribution >= 4 is 5.78 Å². The molecule has 3 rings (SSSR count). The van der Waals surface area contributed by atoms with E-state index < -0.39 is 0 Å². The number of hydrogen-bond acceptors (Lipinski definition) is 6. The largest absolute Gasteiger partial charge is 0.497 e. The molecule has 0 N–H and O–H groups in total. The van der Waals surface area contributed by atoms with Crippen LogP contribution in [0.4, 0.5) is 0 Å². The van der Waals surface area contributed by atoms with Crippen molar-refractivity contribution in [2.75, 3.05) is 41.7 Å². The summed E-state index contributed by atoms with van der Waals surface area (Å²) in [5.74, 6) is 3.10. The van der Waals surface area contributed by atoms with Crippen LogP contribution in [0, 0.1) is 0 Å². The second-order valence-electron chi connectivity index (χ2n) is 8.27. The first-order valence-corrected chi connectivity index (χ1v) is 10.7. The van der Waals surface area contributed by atoms with Crippen molar-refractivity contribution in [1.82, 2.24) is 4.90 Å². The fourth-order valence-electron chi connectivity index (χ4n) is 4.03. The number of ether oxygens (including phenoxy) is 4. The number of hydrogen-bond donors (Lipinski definition) is 0. The highest BCUT2D eigenvalue weighted by atomic mass is 16.7. The molecule has 0 amide bonds. The van der Waals surface area contributed by atoms with Crippen LogP contribution in [0.15, 0.2) is 30.3 Å². The second kappa shape index (κ2) is 10.5. The number of likely N-dealkylation sites (N-methyl/N-ethyl adjacent to an activating group) is 1. The van der Waals surface area contributed by atoms with E-state index in [1.165, 1.54) is 0 Å². The molecule has 1 unspecified atom stereocenters. The molecule has 0 aliphatic carbocycles. The Morgan fingerprint density at radius 2 is 1.94 bits per heavy atom. The number of methoxy groups -OCH3 is 2. The molecular weight excluding hydrogens is 394 g/mol. The monoisotopic (exact) mass is 427 g/mol. The zero-order valence-corrected chi connectivity index (χ0v) is 19.2. The molecule has 1 heterocycles. The third-order valence-electron chi connectivity index (χ3n) is 5.63. The van der Waals surface area contributed by atoms with Gasteiger partial charge >= 0.3 is 0 Å². The summed E-state index contributed by atoms with van der Waals surface area (Å²) in [5.41, 5.74) is 3.29. The summed E-state index contributed by atoms with van der Waals surface area (Å²) in [6.07, 6.45) is 2.50. The average Bonchev–Trinajstić information content (AvgIpc) is 3.23. The molecule has 6 nitrogen and oxygen atoms in total. The Balaban J connectivity index is 1.76. The number of rotatable bonds is 11. The number of Topliss-reactive ketones (excluding diaryl/α,β-unsaturated/α-hetero) is 1. The van der Waals surface area contributed by atoms with Crippen LogP contribution in [0.1, 0.15) is 42.4 Å². The minimum atomic E-state index is 0.0134. The molecule has 0 aromatic heterocycles. The number of ketones is 1. The zero-order chi connectivity index (χ0) is 22.4. The van der Waals surface area contributed by atoms with E-state index >= 15 is 0 Å². The highest BCUT2D eigenvalue weighted by Crippen LogP contribution is 2.48. The Morgan fingerprint density at radius 3 is 2.65 bits per heavy atom. The number of benzene rings is 2. The molecule has 6 heteroatoms. The van der Waals surface area contributed by atoms with Crippen molar-refractivity contribution in [2.24, 2.45) is 0 Å². The topological polar surface area (TPSA) is 57.2 Å². The van der Waals surface area contributed by atoms with E-state index in [9.17, 15) is 4.79 Å². The normalized spacial score (nSPS) is 13.4. The summed E-state index contributed by atoms with van der Waals surface area (Å²) in [7, 11) is 7.40. The maximum absolute atomic E-state index is 12.8. The van der Waals surface area contributed by atoms with Crippen molar-refractivity contribution in [3.8, 4) is 23.0 Å². The molecule has 0 saturated heterocycles. The molecule has 1 aliphatic rings. The van der Waals surface area contributed by atoms with Gasteiger partial charge in [-0.25, -0.2) is 0 Å². The van der Waals surface area contributed by atoms with E-state index in [0.29, 0.717) is 36.5 Å². The molecule has 2 aromatic carbocycles. The minimum absolute atomic E-state index is 0.0134. The van der Waals surface area contributed by atoms with Gasteiger partial charge in [-0.15, -0.1) is 0 Å². The molecule has 1 aliphatic heterocycles. The maximum Gasteiger partial charge on any atom is 0.231 e. The van der Waals surface area contributed by atoms with E-state index in [2.05, 4.69) is 25.9 Å². The van der Waals surface area contributed by atoms with Crippen molar-refractivity contribution in [3.63, 3.8) is 0 Å². The van der Waals surface area contributed by atoms with Crippen LogP contribution < -0.4 is 18.9 Å². The van der Waals surface area contributed by atoms with Crippen molar-refractivity contribution in [2.45, 2.75) is 38.5 Å². The molecule has 1 atom stereocenters. The highest BCUT2D eigenvalue weighted by Gasteiger charge is 2.28. The van der Waals surface area contributed by atoms with Crippen LogP contribution in [-0.4, -0.2) is 52.3 Å². The molecule has 0 fully saturated rings. The Kier molecular flexibility index (Phi) is 7.80. The first-order valence-electron chi connectivity index (χ1n) is 10.7. The number of carbonyl (C=O) groups is 1. The van der Waals surface area contributed by atoms with Gasteiger partial charge in [0.15, 0.2) is 11.5 Å². The molecule has 2 aromatic rings. The Bertz CT molecular complexity index is 909. The lowest BCUT2D eigenvalue weighted by molar-refractivity contribution is -0.119. The lowest BCUT2D eigenvalue weighted by Crippen LogP contribution is -2.17. The average molecular weight is 428 g/mol. The third kappa shape index (κ3) is 5.70. The van der Waals surface area contributed by atoms with Gasteiger partial charge in [0.2, 0.25) is 12.5 Å². The Morgan fingerprint density at radius 1 is 1.13 bits per heavy atom. The number of carbonyl (C=O) groups excluding carboxylic acids is 1. The second-order valence-corrected chi connectivity index (χ2v) is 8.27. The maximum atomic E-state index is 12.8. The summed E-state index contributed by atoms with van der Waals surface area (Å²) in [6.45, 7) is 3.17. The molecule has 0 saturated carbocycles. The summed E-state index contributed by atoms with van der Waals surface area (Å²) in [5, 5.41) is 0. The van der Waals surface area contributed by atoms with E-state index in [0.717, 1.165) is 35.4 Å². The van der Waals surface area contributed by atoms with Gasteiger partial charge in [-0.05, 0) is 62.2 Å². The Labute approximate surface area is 185 Å². The summed E-state index contributed by atoms with van der Waals surface area (Å²) >= 11 is 0. The standard InChI is InChI=1S/C25H33NO5/c1-17(13-20(27)10-9-18-7-6-8-21(14-18)28-4)23-19(11-12-26(2)3)15-22-24(25(23)29-5)31-16-30-22/h6-8,14-15,17H,9-13,16H2,1-5H3. The Hall–Kier alpha value is -2.73. The van der Waals surface area contributed by atoms with Crippen LogP contribution in [0.25, 0.3) is 0 Å². The fraction of sp³-hybridized carbons (Fsp3) is 0.480. The first-order chi connectivity index (χ1) is 14.9. The summed E-state index contributed by atoms with van der Waals surface area (Å²) in [4.78, 5) is 15.0. The lowest BCUT2D eigenvalue weighted by atomic mass is 9.87. The zero-order valence-electron chi connectivity index (χ0n) is 19.2. The SMILES string of the molecule is COc1cccc(CCC(=O)CC(C)c2c(CCN(C)C)cc3c(c2OC)OCO3)c1. The van der Waals surface area contributed by atoms with E-state index in [1.54, 1.807) is 14.2 Å². The predicted molar refractivity (Wildman–Crippen MR) is 121 cm³/mol. The molecular formula is C25H33NO5. The van der Waals surface area contributed by atoms with Gasteiger partial charge in [-0.3, -0.25) is 4.79 Å². The molecule has 0 radical (unpaired) electrons. The lowest BCUT2D eigenvalue weighted by Gasteiger charge is -2.22. The fourth-order valence-corrected chi connectivity index (χ4v) is 4.03. The van der Waals surface area contributed by atoms with Crippen LogP contribution in [-0.2, 0) is 17.6 Å². The van der Waals surface area contributed by atoms with Gasteiger partial charge in [0, 0.05) is 24.9 Å². The minimum Gasteiger partial charge on any atom is -0.497 e. The number of fused-ring (bicyclic) bond motifs is 1.